The maximum atomic E-state index is 12.0. The highest BCUT2D eigenvalue weighted by atomic mass is 16.8. The van der Waals surface area contributed by atoms with Crippen LogP contribution in [0.5, 0.6) is 0 Å². The minimum Gasteiger partial charge on any atom is -0.481 e. The molecule has 0 aromatic rings. The lowest BCUT2D eigenvalue weighted by Gasteiger charge is -2.36. The van der Waals surface area contributed by atoms with Crippen LogP contribution in [0.25, 0.3) is 0 Å². The standard InChI is InChI=1S/C19H31NO5/c21-13-20(25-17-8-4-5-11-24-17)18(15-9-10-15)16(19(22)23)12-14-6-2-1-3-7-14/h13-18H,1-12H2,(H,22,23)/t16-,17?,18+/m1/s1. The molecule has 1 heterocycles. The van der Waals surface area contributed by atoms with E-state index in [0.29, 0.717) is 25.4 Å². The number of carbonyl (C=O) groups is 2. The topological polar surface area (TPSA) is 76.1 Å². The number of carboxylic acid groups (broad SMARTS) is 1. The molecule has 2 saturated carbocycles. The molecule has 3 atom stereocenters. The Morgan fingerprint density at radius 1 is 1.12 bits per heavy atom. The van der Waals surface area contributed by atoms with Crippen LogP contribution in [0.15, 0.2) is 0 Å². The van der Waals surface area contributed by atoms with E-state index in [1.165, 1.54) is 24.3 Å². The molecule has 1 N–H and O–H groups in total. The maximum absolute atomic E-state index is 12.0. The van der Waals surface area contributed by atoms with Gasteiger partial charge in [-0.2, -0.15) is 0 Å². The molecule has 3 aliphatic rings. The molecule has 6 nitrogen and oxygen atoms in total. The van der Waals surface area contributed by atoms with Crippen LogP contribution in [0.3, 0.4) is 0 Å². The molecular weight excluding hydrogens is 322 g/mol. The van der Waals surface area contributed by atoms with E-state index in [-0.39, 0.29) is 12.0 Å². The van der Waals surface area contributed by atoms with Crippen molar-refractivity contribution in [3.63, 3.8) is 0 Å². The van der Waals surface area contributed by atoms with Crippen LogP contribution in [0.1, 0.15) is 70.6 Å². The minimum absolute atomic E-state index is 0.235. The molecule has 0 spiro atoms. The zero-order valence-electron chi connectivity index (χ0n) is 15.0. The van der Waals surface area contributed by atoms with Gasteiger partial charge in [0.25, 0.3) is 0 Å². The summed E-state index contributed by atoms with van der Waals surface area (Å²) in [7, 11) is 0. The lowest BCUT2D eigenvalue weighted by atomic mass is 9.79. The number of rotatable bonds is 9. The highest BCUT2D eigenvalue weighted by molar-refractivity contribution is 5.71. The predicted octanol–water partition coefficient (Wildman–Crippen LogP) is 3.35. The lowest BCUT2D eigenvalue weighted by Crippen LogP contribution is -2.47. The first-order valence-corrected chi connectivity index (χ1v) is 9.94. The van der Waals surface area contributed by atoms with Gasteiger partial charge in [-0.05, 0) is 43.9 Å². The Bertz CT molecular complexity index is 441. The molecule has 1 saturated heterocycles. The fourth-order valence-electron chi connectivity index (χ4n) is 4.42. The van der Waals surface area contributed by atoms with Gasteiger partial charge in [0.1, 0.15) is 0 Å². The lowest BCUT2D eigenvalue weighted by molar-refractivity contribution is -0.292. The van der Waals surface area contributed by atoms with Gasteiger partial charge in [0.05, 0.1) is 12.0 Å². The Morgan fingerprint density at radius 3 is 2.40 bits per heavy atom. The van der Waals surface area contributed by atoms with Crippen LogP contribution in [0.4, 0.5) is 0 Å². The van der Waals surface area contributed by atoms with Gasteiger partial charge in [-0.1, -0.05) is 32.1 Å². The van der Waals surface area contributed by atoms with Crippen molar-refractivity contribution >= 4 is 12.4 Å². The minimum atomic E-state index is -0.803. The molecular formula is C19H31NO5. The third-order valence-electron chi connectivity index (χ3n) is 5.92. The monoisotopic (exact) mass is 353 g/mol. The number of aliphatic carboxylic acids is 1. The molecule has 6 heteroatoms. The van der Waals surface area contributed by atoms with E-state index >= 15 is 0 Å². The molecule has 142 valence electrons. The first kappa shape index (κ1) is 18.6. The number of amides is 1. The zero-order chi connectivity index (χ0) is 17.6. The second kappa shape index (κ2) is 8.99. The van der Waals surface area contributed by atoms with E-state index in [1.54, 1.807) is 0 Å². The van der Waals surface area contributed by atoms with Crippen molar-refractivity contribution in [1.29, 1.82) is 0 Å². The molecule has 3 rings (SSSR count). The number of carboxylic acids is 1. The van der Waals surface area contributed by atoms with Gasteiger partial charge in [-0.3, -0.25) is 9.59 Å². The van der Waals surface area contributed by atoms with Gasteiger partial charge in [0.2, 0.25) is 6.41 Å². The van der Waals surface area contributed by atoms with E-state index < -0.39 is 18.2 Å². The number of nitrogens with zero attached hydrogens (tertiary/aromatic N) is 1. The van der Waals surface area contributed by atoms with Gasteiger partial charge in [0, 0.05) is 13.0 Å². The predicted molar refractivity (Wildman–Crippen MR) is 91.4 cm³/mol. The van der Waals surface area contributed by atoms with Gasteiger partial charge in [0.15, 0.2) is 6.29 Å². The molecule has 0 bridgehead atoms. The smallest absolute Gasteiger partial charge is 0.308 e. The van der Waals surface area contributed by atoms with Crippen molar-refractivity contribution in [2.24, 2.45) is 17.8 Å². The number of ether oxygens (including phenoxy) is 1. The molecule has 1 unspecified atom stereocenters. The second-order valence-electron chi connectivity index (χ2n) is 7.88. The summed E-state index contributed by atoms with van der Waals surface area (Å²) in [5.41, 5.74) is 0. The normalized spacial score (nSPS) is 27.4. The first-order valence-electron chi connectivity index (χ1n) is 9.94. The average Bonchev–Trinajstić information content (AvgIpc) is 3.47. The van der Waals surface area contributed by atoms with E-state index in [2.05, 4.69) is 0 Å². The van der Waals surface area contributed by atoms with Gasteiger partial charge >= 0.3 is 5.97 Å². The summed E-state index contributed by atoms with van der Waals surface area (Å²) in [5, 5.41) is 11.2. The SMILES string of the molecule is O=CN(OC1CCCCO1)[C@@H](C1CC1)[C@@H](CC1CCCCC1)C(=O)O. The van der Waals surface area contributed by atoms with Crippen LogP contribution >= 0.6 is 0 Å². The summed E-state index contributed by atoms with van der Waals surface area (Å²) in [5.74, 6) is -0.666. The van der Waals surface area contributed by atoms with E-state index in [4.69, 9.17) is 9.57 Å². The van der Waals surface area contributed by atoms with Crippen LogP contribution in [0, 0.1) is 17.8 Å². The van der Waals surface area contributed by atoms with Crippen molar-refractivity contribution in [2.75, 3.05) is 6.61 Å². The van der Waals surface area contributed by atoms with Crippen LogP contribution < -0.4 is 0 Å². The summed E-state index contributed by atoms with van der Waals surface area (Å²) >= 11 is 0. The Hall–Kier alpha value is -1.14. The van der Waals surface area contributed by atoms with Crippen LogP contribution in [-0.2, 0) is 19.2 Å². The Labute approximate surface area is 149 Å². The number of carbonyl (C=O) groups excluding carboxylic acids is 1. The van der Waals surface area contributed by atoms with Gasteiger partial charge in [-0.15, -0.1) is 0 Å². The highest BCUT2D eigenvalue weighted by Crippen LogP contribution is 2.42. The Kier molecular flexibility index (Phi) is 6.70. The first-order chi connectivity index (χ1) is 12.2. The van der Waals surface area contributed by atoms with Crippen LogP contribution in [-0.4, -0.2) is 41.5 Å². The quantitative estimate of drug-likeness (QED) is 0.508. The zero-order valence-corrected chi connectivity index (χ0v) is 15.0. The Morgan fingerprint density at radius 2 is 1.84 bits per heavy atom. The fraction of sp³-hybridized carbons (Fsp3) is 0.895. The van der Waals surface area contributed by atoms with E-state index in [1.807, 2.05) is 0 Å². The summed E-state index contributed by atoms with van der Waals surface area (Å²) < 4.78 is 5.58. The number of hydrogen-bond acceptors (Lipinski definition) is 4. The molecule has 25 heavy (non-hydrogen) atoms. The van der Waals surface area contributed by atoms with Crippen LogP contribution in [0.2, 0.25) is 0 Å². The average molecular weight is 353 g/mol. The molecule has 1 amide bonds. The summed E-state index contributed by atoms with van der Waals surface area (Å²) in [6.45, 7) is 0.635. The third kappa shape index (κ3) is 5.17. The summed E-state index contributed by atoms with van der Waals surface area (Å²) in [4.78, 5) is 29.6. The van der Waals surface area contributed by atoms with Gasteiger partial charge in [-0.25, -0.2) is 9.90 Å². The highest BCUT2D eigenvalue weighted by Gasteiger charge is 2.45. The molecule has 0 aromatic heterocycles. The van der Waals surface area contributed by atoms with E-state index in [9.17, 15) is 14.7 Å². The number of hydroxylamine groups is 2. The number of hydrogen-bond donors (Lipinski definition) is 1. The van der Waals surface area contributed by atoms with E-state index in [0.717, 1.165) is 44.9 Å². The van der Waals surface area contributed by atoms with Crippen molar-refractivity contribution in [1.82, 2.24) is 5.06 Å². The molecule has 3 fully saturated rings. The summed E-state index contributed by atoms with van der Waals surface area (Å²) in [6, 6.07) is -0.373. The summed E-state index contributed by atoms with van der Waals surface area (Å²) in [6.07, 6.45) is 11.4. The van der Waals surface area contributed by atoms with Crippen molar-refractivity contribution in [3.05, 3.63) is 0 Å². The molecule has 2 aliphatic carbocycles. The Balaban J connectivity index is 1.68. The molecule has 1 aliphatic heterocycles. The largest absolute Gasteiger partial charge is 0.481 e. The van der Waals surface area contributed by atoms with Crippen molar-refractivity contribution < 1.29 is 24.3 Å². The third-order valence-corrected chi connectivity index (χ3v) is 5.92. The maximum Gasteiger partial charge on any atom is 0.308 e. The van der Waals surface area contributed by atoms with Crippen molar-refractivity contribution in [3.8, 4) is 0 Å². The molecule has 0 radical (unpaired) electrons. The van der Waals surface area contributed by atoms with Gasteiger partial charge < -0.3 is 9.84 Å². The van der Waals surface area contributed by atoms with Crippen molar-refractivity contribution in [2.45, 2.75) is 83.0 Å². The second-order valence-corrected chi connectivity index (χ2v) is 7.88. The fourth-order valence-corrected chi connectivity index (χ4v) is 4.42. The molecule has 0 aromatic carbocycles.